The lowest BCUT2D eigenvalue weighted by Crippen LogP contribution is -2.05. The van der Waals surface area contributed by atoms with Gasteiger partial charge in [0.25, 0.3) is 0 Å². The van der Waals surface area contributed by atoms with E-state index < -0.39 is 0 Å². The summed E-state index contributed by atoms with van der Waals surface area (Å²) < 4.78 is 0.790. The fourth-order valence-electron chi connectivity index (χ4n) is 1.10. The van der Waals surface area contributed by atoms with Gasteiger partial charge in [-0.3, -0.25) is 4.79 Å². The summed E-state index contributed by atoms with van der Waals surface area (Å²) >= 11 is 7.26. The lowest BCUT2D eigenvalue weighted by Gasteiger charge is -1.97. The van der Waals surface area contributed by atoms with Crippen LogP contribution in [0, 0.1) is 0 Å². The minimum Gasteiger partial charge on any atom is -0.324 e. The molecule has 0 saturated carbocycles. The predicted octanol–water partition coefficient (Wildman–Crippen LogP) is 2.30. The van der Waals surface area contributed by atoms with Crippen molar-refractivity contribution >= 4 is 44.7 Å². The van der Waals surface area contributed by atoms with Crippen molar-refractivity contribution in [3.63, 3.8) is 0 Å². The number of nitrogens with one attached hydrogen (secondary N) is 1. The van der Waals surface area contributed by atoms with Gasteiger partial charge in [0, 0.05) is 12.3 Å². The van der Waals surface area contributed by atoms with E-state index in [1.54, 1.807) is 5.38 Å². The molecule has 0 radical (unpaired) electrons. The first-order valence-electron chi connectivity index (χ1n) is 3.84. The third kappa shape index (κ3) is 1.56. The van der Waals surface area contributed by atoms with Crippen LogP contribution >= 0.6 is 22.9 Å². The van der Waals surface area contributed by atoms with Crippen LogP contribution in [0.1, 0.15) is 6.92 Å². The van der Waals surface area contributed by atoms with Crippen LogP contribution in [0.15, 0.2) is 11.7 Å². The molecule has 0 aromatic carbocycles. The first-order chi connectivity index (χ1) is 6.68. The lowest BCUT2D eigenvalue weighted by molar-refractivity contribution is -0.114. The largest absolute Gasteiger partial charge is 0.324 e. The molecule has 0 aliphatic rings. The molecule has 0 aliphatic carbocycles. The molecule has 4 nitrogen and oxygen atoms in total. The molecule has 1 amide bonds. The third-order valence-corrected chi connectivity index (χ3v) is 3.00. The summed E-state index contributed by atoms with van der Waals surface area (Å²) in [5, 5.41) is 4.89. The number of hydrogen-bond acceptors (Lipinski definition) is 4. The van der Waals surface area contributed by atoms with Gasteiger partial charge >= 0.3 is 0 Å². The van der Waals surface area contributed by atoms with Gasteiger partial charge in [-0.1, -0.05) is 11.6 Å². The van der Waals surface area contributed by atoms with E-state index in [4.69, 9.17) is 11.6 Å². The van der Waals surface area contributed by atoms with Crippen molar-refractivity contribution in [2.75, 3.05) is 5.32 Å². The maximum Gasteiger partial charge on any atom is 0.221 e. The second-order valence-electron chi connectivity index (χ2n) is 2.67. The van der Waals surface area contributed by atoms with Gasteiger partial charge in [0.1, 0.15) is 17.0 Å². The molecule has 0 atom stereocenters. The highest BCUT2D eigenvalue weighted by atomic mass is 35.5. The van der Waals surface area contributed by atoms with Crippen LogP contribution in [0.2, 0.25) is 5.15 Å². The molecular weight excluding hydrogens is 222 g/mol. The summed E-state index contributed by atoms with van der Waals surface area (Å²) in [6.45, 7) is 1.45. The summed E-state index contributed by atoms with van der Waals surface area (Å²) in [5.74, 6) is -0.126. The van der Waals surface area contributed by atoms with E-state index in [9.17, 15) is 4.79 Å². The van der Waals surface area contributed by atoms with E-state index in [0.717, 1.165) is 4.70 Å². The third-order valence-electron chi connectivity index (χ3n) is 1.62. The monoisotopic (exact) mass is 227 g/mol. The summed E-state index contributed by atoms with van der Waals surface area (Å²) in [5.41, 5.74) is 1.37. The van der Waals surface area contributed by atoms with Crippen LogP contribution in [-0.2, 0) is 4.79 Å². The summed E-state index contributed by atoms with van der Waals surface area (Å²) in [6, 6.07) is 0. The molecule has 2 aromatic heterocycles. The molecule has 1 N–H and O–H groups in total. The van der Waals surface area contributed by atoms with Crippen molar-refractivity contribution in [3.05, 3.63) is 16.9 Å². The number of halogens is 1. The molecular formula is C8H6ClN3OS. The smallest absolute Gasteiger partial charge is 0.221 e. The highest BCUT2D eigenvalue weighted by Gasteiger charge is 2.09. The lowest BCUT2D eigenvalue weighted by atomic mass is 10.4. The fraction of sp³-hybridized carbons (Fsp3) is 0.125. The number of aromatic nitrogens is 2. The summed E-state index contributed by atoms with van der Waals surface area (Å²) in [4.78, 5) is 18.8. The Morgan fingerprint density at radius 3 is 3.07 bits per heavy atom. The number of nitrogens with zero attached hydrogens (tertiary/aromatic N) is 2. The Hall–Kier alpha value is -1.20. The maximum absolute atomic E-state index is 10.9. The molecule has 0 saturated heterocycles. The Balaban J connectivity index is 2.58. The van der Waals surface area contributed by atoms with Crippen LogP contribution < -0.4 is 5.32 Å². The summed E-state index contributed by atoms with van der Waals surface area (Å²) in [6.07, 6.45) is 1.38. The van der Waals surface area contributed by atoms with Gasteiger partial charge in [0.15, 0.2) is 0 Å². The zero-order valence-corrected chi connectivity index (χ0v) is 8.82. The Labute approximate surface area is 88.9 Å². The minimum absolute atomic E-state index is 0.126. The standard InChI is InChI=1S/C8H6ClN3OS/c1-4(13)12-5-2-14-7-6(5)10-3-11-8(7)9/h2-3H,1H3,(H,12,13). The van der Waals surface area contributed by atoms with Crippen LogP contribution in [-0.4, -0.2) is 15.9 Å². The van der Waals surface area contributed by atoms with E-state index in [-0.39, 0.29) is 5.91 Å². The van der Waals surface area contributed by atoms with Crippen LogP contribution in [0.5, 0.6) is 0 Å². The predicted molar refractivity (Wildman–Crippen MR) is 56.7 cm³/mol. The molecule has 0 bridgehead atoms. The van der Waals surface area contributed by atoms with Gasteiger partial charge in [0.05, 0.1) is 10.4 Å². The molecule has 6 heteroatoms. The van der Waals surface area contributed by atoms with Gasteiger partial charge in [-0.25, -0.2) is 9.97 Å². The van der Waals surface area contributed by atoms with Crippen molar-refractivity contribution in [2.45, 2.75) is 6.92 Å². The second-order valence-corrected chi connectivity index (χ2v) is 3.91. The van der Waals surface area contributed by atoms with Crippen LogP contribution in [0.25, 0.3) is 10.2 Å². The fourth-order valence-corrected chi connectivity index (χ4v) is 2.20. The molecule has 0 aliphatic heterocycles. The number of fused-ring (bicyclic) bond motifs is 1. The molecule has 0 spiro atoms. The molecule has 14 heavy (non-hydrogen) atoms. The Morgan fingerprint density at radius 1 is 1.57 bits per heavy atom. The average Bonchev–Trinajstić information content (AvgIpc) is 2.49. The quantitative estimate of drug-likeness (QED) is 0.761. The van der Waals surface area contributed by atoms with Crippen LogP contribution in [0.4, 0.5) is 5.69 Å². The van der Waals surface area contributed by atoms with E-state index in [0.29, 0.717) is 16.4 Å². The maximum atomic E-state index is 10.9. The number of thiophene rings is 1. The highest BCUT2D eigenvalue weighted by molar-refractivity contribution is 7.18. The number of anilines is 1. The topological polar surface area (TPSA) is 54.9 Å². The highest BCUT2D eigenvalue weighted by Crippen LogP contribution is 2.31. The van der Waals surface area contributed by atoms with Gasteiger partial charge in [-0.15, -0.1) is 11.3 Å². The average molecular weight is 228 g/mol. The van der Waals surface area contributed by atoms with E-state index in [1.165, 1.54) is 24.6 Å². The molecule has 2 rings (SSSR count). The van der Waals surface area contributed by atoms with E-state index >= 15 is 0 Å². The SMILES string of the molecule is CC(=O)Nc1csc2c(Cl)ncnc12. The Morgan fingerprint density at radius 2 is 2.36 bits per heavy atom. The number of carbonyl (C=O) groups is 1. The zero-order chi connectivity index (χ0) is 10.1. The first kappa shape index (κ1) is 9.36. The summed E-state index contributed by atoms with van der Waals surface area (Å²) in [7, 11) is 0. The van der Waals surface area contributed by atoms with Crippen LogP contribution in [0.3, 0.4) is 0 Å². The van der Waals surface area contributed by atoms with Crippen molar-refractivity contribution < 1.29 is 4.79 Å². The van der Waals surface area contributed by atoms with E-state index in [1.807, 2.05) is 0 Å². The van der Waals surface area contributed by atoms with Crippen molar-refractivity contribution in [2.24, 2.45) is 0 Å². The number of carbonyl (C=O) groups excluding carboxylic acids is 1. The molecule has 2 heterocycles. The molecule has 0 fully saturated rings. The van der Waals surface area contributed by atoms with Gasteiger partial charge in [-0.05, 0) is 0 Å². The van der Waals surface area contributed by atoms with E-state index in [2.05, 4.69) is 15.3 Å². The van der Waals surface area contributed by atoms with Crippen molar-refractivity contribution in [1.29, 1.82) is 0 Å². The molecule has 2 aromatic rings. The first-order valence-corrected chi connectivity index (χ1v) is 5.09. The molecule has 0 unspecified atom stereocenters. The van der Waals surface area contributed by atoms with Gasteiger partial charge in [0.2, 0.25) is 5.91 Å². The Bertz CT molecular complexity index is 496. The zero-order valence-electron chi connectivity index (χ0n) is 7.24. The molecule has 72 valence electrons. The Kier molecular flexibility index (Phi) is 2.35. The minimum atomic E-state index is -0.126. The van der Waals surface area contributed by atoms with Crippen molar-refractivity contribution in [1.82, 2.24) is 9.97 Å². The van der Waals surface area contributed by atoms with Crippen molar-refractivity contribution in [3.8, 4) is 0 Å². The number of rotatable bonds is 1. The van der Waals surface area contributed by atoms with Gasteiger partial charge < -0.3 is 5.32 Å². The number of hydrogen-bond donors (Lipinski definition) is 1. The number of amides is 1. The van der Waals surface area contributed by atoms with Gasteiger partial charge in [-0.2, -0.15) is 0 Å². The normalized spacial score (nSPS) is 10.4. The second kappa shape index (κ2) is 3.51.